The van der Waals surface area contributed by atoms with Crippen molar-refractivity contribution in [3.8, 4) is 5.69 Å². The van der Waals surface area contributed by atoms with E-state index in [1.807, 2.05) is 48.9 Å². The lowest BCUT2D eigenvalue weighted by molar-refractivity contribution is 0.0688. The number of ether oxygens (including phenoxy) is 2. The number of carbonyl (C=O) groups is 1. The number of aromatic nitrogens is 2. The summed E-state index contributed by atoms with van der Waals surface area (Å²) in [6.45, 7) is 6.34. The Bertz CT molecular complexity index is 650. The van der Waals surface area contributed by atoms with Gasteiger partial charge in [-0.15, -0.1) is 0 Å². The molecule has 2 rings (SSSR count). The number of methoxy groups -OCH3 is 1. The Hall–Kier alpha value is -2.18. The van der Waals surface area contributed by atoms with Crippen LogP contribution in [0.2, 0.25) is 0 Å². The van der Waals surface area contributed by atoms with E-state index in [-0.39, 0.29) is 5.91 Å². The molecule has 6 heteroatoms. The molecule has 0 aliphatic carbocycles. The van der Waals surface area contributed by atoms with E-state index in [1.54, 1.807) is 7.11 Å². The van der Waals surface area contributed by atoms with Crippen molar-refractivity contribution in [1.82, 2.24) is 15.1 Å². The van der Waals surface area contributed by atoms with E-state index in [0.717, 1.165) is 23.5 Å². The smallest absolute Gasteiger partial charge is 0.251 e. The van der Waals surface area contributed by atoms with E-state index in [9.17, 15) is 4.79 Å². The van der Waals surface area contributed by atoms with Crippen LogP contribution >= 0.6 is 0 Å². The molecular weight excluding hydrogens is 306 g/mol. The monoisotopic (exact) mass is 331 g/mol. The van der Waals surface area contributed by atoms with Gasteiger partial charge >= 0.3 is 0 Å². The number of benzene rings is 1. The molecule has 0 saturated carbocycles. The zero-order valence-corrected chi connectivity index (χ0v) is 14.5. The summed E-state index contributed by atoms with van der Waals surface area (Å²) in [5.74, 6) is -0.0770. The van der Waals surface area contributed by atoms with Gasteiger partial charge in [-0.1, -0.05) is 0 Å². The Labute approximate surface area is 142 Å². The third-order valence-electron chi connectivity index (χ3n) is 3.57. The Morgan fingerprint density at radius 3 is 2.54 bits per heavy atom. The molecule has 0 atom stereocenters. The SMILES string of the molecule is COCCOCCCNC(=O)c1ccc(-n2nc(C)cc2C)cc1. The van der Waals surface area contributed by atoms with Crippen LogP contribution in [0, 0.1) is 13.8 Å². The number of carbonyl (C=O) groups excluding carboxylic acids is 1. The molecule has 0 spiro atoms. The van der Waals surface area contributed by atoms with Gasteiger partial charge in [0.2, 0.25) is 0 Å². The van der Waals surface area contributed by atoms with E-state index in [0.29, 0.717) is 31.9 Å². The number of rotatable bonds is 9. The zero-order valence-electron chi connectivity index (χ0n) is 14.5. The Morgan fingerprint density at radius 1 is 1.17 bits per heavy atom. The van der Waals surface area contributed by atoms with Crippen LogP contribution in [0.4, 0.5) is 0 Å². The lowest BCUT2D eigenvalue weighted by Crippen LogP contribution is -2.25. The molecule has 2 aromatic rings. The second-order valence-electron chi connectivity index (χ2n) is 5.60. The molecule has 130 valence electrons. The normalized spacial score (nSPS) is 10.8. The lowest BCUT2D eigenvalue weighted by atomic mass is 10.2. The molecule has 1 heterocycles. The minimum atomic E-state index is -0.0770. The summed E-state index contributed by atoms with van der Waals surface area (Å²) in [7, 11) is 1.64. The van der Waals surface area contributed by atoms with Crippen molar-refractivity contribution in [2.24, 2.45) is 0 Å². The van der Waals surface area contributed by atoms with E-state index in [2.05, 4.69) is 10.4 Å². The molecule has 1 aromatic carbocycles. The molecule has 1 N–H and O–H groups in total. The number of nitrogens with zero attached hydrogens (tertiary/aromatic N) is 2. The van der Waals surface area contributed by atoms with E-state index < -0.39 is 0 Å². The fraction of sp³-hybridized carbons (Fsp3) is 0.444. The van der Waals surface area contributed by atoms with Gasteiger partial charge in [0.05, 0.1) is 24.6 Å². The minimum Gasteiger partial charge on any atom is -0.382 e. The van der Waals surface area contributed by atoms with Crippen LogP contribution in [-0.4, -0.2) is 49.2 Å². The van der Waals surface area contributed by atoms with Crippen molar-refractivity contribution in [3.63, 3.8) is 0 Å². The van der Waals surface area contributed by atoms with Gasteiger partial charge in [-0.05, 0) is 50.6 Å². The van der Waals surface area contributed by atoms with Crippen LogP contribution in [0.1, 0.15) is 28.2 Å². The number of nitrogens with one attached hydrogen (secondary N) is 1. The first kappa shape index (κ1) is 18.2. The standard InChI is InChI=1S/C18H25N3O3/c1-14-13-15(2)21(20-14)17-7-5-16(6-8-17)18(22)19-9-4-10-24-12-11-23-3/h5-8,13H,4,9-12H2,1-3H3,(H,19,22). The van der Waals surface area contributed by atoms with Gasteiger partial charge in [0.15, 0.2) is 0 Å². The van der Waals surface area contributed by atoms with Crippen LogP contribution in [0.15, 0.2) is 30.3 Å². The summed E-state index contributed by atoms with van der Waals surface area (Å²) < 4.78 is 12.1. The summed E-state index contributed by atoms with van der Waals surface area (Å²) in [6, 6.07) is 9.46. The van der Waals surface area contributed by atoms with Gasteiger partial charge < -0.3 is 14.8 Å². The first-order chi connectivity index (χ1) is 11.6. The molecule has 6 nitrogen and oxygen atoms in total. The van der Waals surface area contributed by atoms with Crippen molar-refractivity contribution in [3.05, 3.63) is 47.3 Å². The molecule has 0 unspecified atom stereocenters. The van der Waals surface area contributed by atoms with E-state index >= 15 is 0 Å². The van der Waals surface area contributed by atoms with Crippen molar-refractivity contribution >= 4 is 5.91 Å². The first-order valence-corrected chi connectivity index (χ1v) is 8.10. The van der Waals surface area contributed by atoms with E-state index in [4.69, 9.17) is 9.47 Å². The Morgan fingerprint density at radius 2 is 1.92 bits per heavy atom. The third kappa shape index (κ3) is 5.18. The van der Waals surface area contributed by atoms with Gasteiger partial charge in [0.25, 0.3) is 5.91 Å². The quantitative estimate of drug-likeness (QED) is 0.716. The maximum Gasteiger partial charge on any atom is 0.251 e. The highest BCUT2D eigenvalue weighted by atomic mass is 16.5. The molecule has 0 aliphatic heterocycles. The molecule has 24 heavy (non-hydrogen) atoms. The fourth-order valence-corrected chi connectivity index (χ4v) is 2.37. The summed E-state index contributed by atoms with van der Waals surface area (Å²) >= 11 is 0. The summed E-state index contributed by atoms with van der Waals surface area (Å²) in [5.41, 5.74) is 3.63. The van der Waals surface area contributed by atoms with Gasteiger partial charge in [-0.2, -0.15) is 5.10 Å². The van der Waals surface area contributed by atoms with Crippen molar-refractivity contribution < 1.29 is 14.3 Å². The van der Waals surface area contributed by atoms with Gasteiger partial charge in [-0.3, -0.25) is 4.79 Å². The van der Waals surface area contributed by atoms with Gasteiger partial charge in [0, 0.05) is 31.5 Å². The molecule has 0 fully saturated rings. The largest absolute Gasteiger partial charge is 0.382 e. The number of hydrogen-bond donors (Lipinski definition) is 1. The van der Waals surface area contributed by atoms with Crippen molar-refractivity contribution in [2.75, 3.05) is 33.5 Å². The molecule has 1 amide bonds. The highest BCUT2D eigenvalue weighted by molar-refractivity contribution is 5.94. The predicted molar refractivity (Wildman–Crippen MR) is 92.7 cm³/mol. The zero-order chi connectivity index (χ0) is 17.4. The van der Waals surface area contributed by atoms with Gasteiger partial charge in [0.1, 0.15) is 0 Å². The number of aryl methyl sites for hydroxylation is 2. The average Bonchev–Trinajstić information content (AvgIpc) is 2.92. The van der Waals surface area contributed by atoms with Crippen LogP contribution in [0.5, 0.6) is 0 Å². The first-order valence-electron chi connectivity index (χ1n) is 8.10. The Balaban J connectivity index is 1.80. The third-order valence-corrected chi connectivity index (χ3v) is 3.57. The number of hydrogen-bond acceptors (Lipinski definition) is 4. The van der Waals surface area contributed by atoms with Crippen LogP contribution < -0.4 is 5.32 Å². The lowest BCUT2D eigenvalue weighted by Gasteiger charge is -2.08. The minimum absolute atomic E-state index is 0.0770. The van der Waals surface area contributed by atoms with Gasteiger partial charge in [-0.25, -0.2) is 4.68 Å². The average molecular weight is 331 g/mol. The fourth-order valence-electron chi connectivity index (χ4n) is 2.37. The van der Waals surface area contributed by atoms with Crippen molar-refractivity contribution in [2.45, 2.75) is 20.3 Å². The molecule has 1 aromatic heterocycles. The second-order valence-corrected chi connectivity index (χ2v) is 5.60. The maximum atomic E-state index is 12.1. The Kier molecular flexibility index (Phi) is 6.96. The highest BCUT2D eigenvalue weighted by Crippen LogP contribution is 2.13. The van der Waals surface area contributed by atoms with Crippen LogP contribution in [0.3, 0.4) is 0 Å². The molecule has 0 saturated heterocycles. The molecule has 0 bridgehead atoms. The molecular formula is C18H25N3O3. The van der Waals surface area contributed by atoms with Crippen molar-refractivity contribution in [1.29, 1.82) is 0 Å². The maximum absolute atomic E-state index is 12.1. The summed E-state index contributed by atoms with van der Waals surface area (Å²) in [6.07, 6.45) is 0.777. The van der Waals surface area contributed by atoms with Crippen LogP contribution in [-0.2, 0) is 9.47 Å². The molecule has 0 aliphatic rings. The second kappa shape index (κ2) is 9.20. The van der Waals surface area contributed by atoms with E-state index in [1.165, 1.54) is 0 Å². The molecule has 0 radical (unpaired) electrons. The predicted octanol–water partition coefficient (Wildman–Crippen LogP) is 2.27. The topological polar surface area (TPSA) is 65.4 Å². The highest BCUT2D eigenvalue weighted by Gasteiger charge is 2.07. The summed E-state index contributed by atoms with van der Waals surface area (Å²) in [5, 5.41) is 7.33. The van der Waals surface area contributed by atoms with Crippen LogP contribution in [0.25, 0.3) is 5.69 Å². The summed E-state index contributed by atoms with van der Waals surface area (Å²) in [4.78, 5) is 12.1. The number of amides is 1.